The smallest absolute Gasteiger partial charge is 0.274 e. The molecule has 0 aliphatic rings. The number of para-hydroxylation sites is 1. The average molecular weight is 381 g/mol. The number of nitrogens with zero attached hydrogens (tertiary/aromatic N) is 2. The van der Waals surface area contributed by atoms with Gasteiger partial charge in [0.2, 0.25) is 0 Å². The van der Waals surface area contributed by atoms with Crippen LogP contribution < -0.4 is 20.3 Å². The first-order chi connectivity index (χ1) is 13.5. The van der Waals surface area contributed by atoms with Crippen LogP contribution in [0.25, 0.3) is 10.8 Å². The summed E-state index contributed by atoms with van der Waals surface area (Å²) < 4.78 is 12.0. The highest BCUT2D eigenvalue weighted by Gasteiger charge is 2.18. The number of carbonyl (C=O) groups is 1. The molecule has 0 spiro atoms. The summed E-state index contributed by atoms with van der Waals surface area (Å²) in [6, 6.07) is 12.3. The Hall–Kier alpha value is -3.35. The lowest BCUT2D eigenvalue weighted by Crippen LogP contribution is -2.31. The molecule has 3 rings (SSSR count). The number of amides is 1. The highest BCUT2D eigenvalue weighted by atomic mass is 16.5. The first-order valence-electron chi connectivity index (χ1n) is 8.97. The summed E-state index contributed by atoms with van der Waals surface area (Å²) in [5, 5.41) is 8.19. The molecule has 1 heterocycles. The second-order valence-electron chi connectivity index (χ2n) is 6.57. The zero-order valence-electron chi connectivity index (χ0n) is 16.4. The molecule has 7 heteroatoms. The Balaban J connectivity index is 1.97. The molecular formula is C21H23N3O4. The van der Waals surface area contributed by atoms with E-state index in [-0.39, 0.29) is 29.7 Å². The number of ether oxygens (including phenoxy) is 2. The maximum absolute atomic E-state index is 12.9. The molecular weight excluding hydrogens is 358 g/mol. The minimum Gasteiger partial charge on any atom is -0.493 e. The Morgan fingerprint density at radius 2 is 1.79 bits per heavy atom. The molecule has 0 atom stereocenters. The van der Waals surface area contributed by atoms with E-state index in [2.05, 4.69) is 10.4 Å². The zero-order chi connectivity index (χ0) is 20.3. The molecule has 0 fully saturated rings. The molecule has 0 radical (unpaired) electrons. The van der Waals surface area contributed by atoms with Crippen LogP contribution in [0.3, 0.4) is 0 Å². The van der Waals surface area contributed by atoms with Crippen molar-refractivity contribution in [3.63, 3.8) is 0 Å². The minimum absolute atomic E-state index is 0.165. The third-order valence-corrected chi connectivity index (χ3v) is 4.46. The largest absolute Gasteiger partial charge is 0.493 e. The van der Waals surface area contributed by atoms with Crippen LogP contribution >= 0.6 is 0 Å². The number of fused-ring (bicyclic) bond motifs is 1. The number of hydrogen-bond donors (Lipinski definition) is 1. The molecule has 0 aliphatic carbocycles. The second kappa shape index (κ2) is 8.12. The van der Waals surface area contributed by atoms with Crippen molar-refractivity contribution in [2.75, 3.05) is 14.2 Å². The van der Waals surface area contributed by atoms with E-state index in [1.54, 1.807) is 44.6 Å². The fourth-order valence-corrected chi connectivity index (χ4v) is 3.08. The van der Waals surface area contributed by atoms with E-state index in [0.717, 1.165) is 5.56 Å². The van der Waals surface area contributed by atoms with Gasteiger partial charge in [-0.15, -0.1) is 0 Å². The second-order valence-corrected chi connectivity index (χ2v) is 6.57. The molecule has 1 amide bonds. The summed E-state index contributed by atoms with van der Waals surface area (Å²) in [7, 11) is 3.11. The summed E-state index contributed by atoms with van der Waals surface area (Å²) in [6.07, 6.45) is 0. The van der Waals surface area contributed by atoms with E-state index in [9.17, 15) is 9.59 Å². The lowest BCUT2D eigenvalue weighted by Gasteiger charge is -2.15. The van der Waals surface area contributed by atoms with Gasteiger partial charge in [-0.1, -0.05) is 30.3 Å². The Labute approximate surface area is 162 Å². The monoisotopic (exact) mass is 381 g/mol. The minimum atomic E-state index is -0.365. The Bertz CT molecular complexity index is 1070. The lowest BCUT2D eigenvalue weighted by atomic mass is 10.1. The Morgan fingerprint density at radius 1 is 1.07 bits per heavy atom. The summed E-state index contributed by atoms with van der Waals surface area (Å²) in [5.74, 6) is 0.789. The van der Waals surface area contributed by atoms with Crippen molar-refractivity contribution in [1.82, 2.24) is 15.1 Å². The third-order valence-electron chi connectivity index (χ3n) is 4.46. The van der Waals surface area contributed by atoms with Gasteiger partial charge in [-0.05, 0) is 26.0 Å². The SMILES string of the molecule is COc1cccc(CNC(=O)c2nn(C(C)C)c(=O)c3ccccc23)c1OC. The highest BCUT2D eigenvalue weighted by Crippen LogP contribution is 2.30. The van der Waals surface area contributed by atoms with E-state index in [4.69, 9.17) is 9.47 Å². The number of carbonyl (C=O) groups excluding carboxylic acids is 1. The van der Waals surface area contributed by atoms with Crippen LogP contribution in [0.5, 0.6) is 11.5 Å². The normalized spacial score (nSPS) is 10.9. The van der Waals surface area contributed by atoms with Crippen molar-refractivity contribution in [2.24, 2.45) is 0 Å². The zero-order valence-corrected chi connectivity index (χ0v) is 16.4. The van der Waals surface area contributed by atoms with Crippen LogP contribution in [-0.4, -0.2) is 29.9 Å². The molecule has 0 bridgehead atoms. The van der Waals surface area contributed by atoms with Crippen molar-refractivity contribution in [1.29, 1.82) is 0 Å². The van der Waals surface area contributed by atoms with Gasteiger partial charge in [0, 0.05) is 17.5 Å². The average Bonchev–Trinajstić information content (AvgIpc) is 2.71. The fraction of sp³-hybridized carbons (Fsp3) is 0.286. The molecule has 0 aliphatic heterocycles. The number of aromatic nitrogens is 2. The molecule has 0 saturated heterocycles. The molecule has 7 nitrogen and oxygen atoms in total. The first-order valence-corrected chi connectivity index (χ1v) is 8.97. The van der Waals surface area contributed by atoms with Crippen LogP contribution in [-0.2, 0) is 6.54 Å². The lowest BCUT2D eigenvalue weighted by molar-refractivity contribution is 0.0945. The van der Waals surface area contributed by atoms with Crippen molar-refractivity contribution in [3.05, 3.63) is 64.1 Å². The predicted octanol–water partition coefficient (Wildman–Crippen LogP) is 2.92. The van der Waals surface area contributed by atoms with E-state index in [0.29, 0.717) is 22.3 Å². The summed E-state index contributed by atoms with van der Waals surface area (Å²) in [4.78, 5) is 25.5. The molecule has 146 valence electrons. The van der Waals surface area contributed by atoms with Gasteiger partial charge in [-0.25, -0.2) is 4.68 Å². The van der Waals surface area contributed by atoms with Crippen LogP contribution in [0, 0.1) is 0 Å². The van der Waals surface area contributed by atoms with Gasteiger partial charge >= 0.3 is 0 Å². The van der Waals surface area contributed by atoms with Crippen molar-refractivity contribution < 1.29 is 14.3 Å². The topological polar surface area (TPSA) is 82.5 Å². The number of methoxy groups -OCH3 is 2. The van der Waals surface area contributed by atoms with Crippen molar-refractivity contribution in [3.8, 4) is 11.5 Å². The van der Waals surface area contributed by atoms with E-state index >= 15 is 0 Å². The van der Waals surface area contributed by atoms with E-state index in [1.165, 1.54) is 4.68 Å². The summed E-state index contributed by atoms with van der Waals surface area (Å²) in [6.45, 7) is 3.94. The van der Waals surface area contributed by atoms with Crippen molar-refractivity contribution in [2.45, 2.75) is 26.4 Å². The van der Waals surface area contributed by atoms with Gasteiger partial charge in [0.25, 0.3) is 11.5 Å². The van der Waals surface area contributed by atoms with Gasteiger partial charge in [-0.2, -0.15) is 5.10 Å². The molecule has 0 unspecified atom stereocenters. The quantitative estimate of drug-likeness (QED) is 0.710. The Morgan fingerprint density at radius 3 is 2.43 bits per heavy atom. The maximum atomic E-state index is 12.9. The van der Waals surface area contributed by atoms with Gasteiger partial charge in [0.1, 0.15) is 0 Å². The molecule has 0 saturated carbocycles. The third kappa shape index (κ3) is 3.55. The van der Waals surface area contributed by atoms with Gasteiger partial charge in [0.15, 0.2) is 17.2 Å². The van der Waals surface area contributed by atoms with Crippen molar-refractivity contribution >= 4 is 16.7 Å². The molecule has 28 heavy (non-hydrogen) atoms. The maximum Gasteiger partial charge on any atom is 0.274 e. The standard InChI is InChI=1S/C21H23N3O4/c1-13(2)24-21(26)16-10-6-5-9-15(16)18(23-24)20(25)22-12-14-8-7-11-17(27-3)19(14)28-4/h5-11,13H,12H2,1-4H3,(H,22,25). The van der Waals surface area contributed by atoms with Crippen LogP contribution in [0.15, 0.2) is 47.3 Å². The molecule has 3 aromatic rings. The number of nitrogens with one attached hydrogen (secondary N) is 1. The van der Waals surface area contributed by atoms with Crippen LogP contribution in [0.4, 0.5) is 0 Å². The van der Waals surface area contributed by atoms with Gasteiger partial charge < -0.3 is 14.8 Å². The number of rotatable bonds is 6. The van der Waals surface area contributed by atoms with E-state index in [1.807, 2.05) is 26.0 Å². The van der Waals surface area contributed by atoms with Gasteiger partial charge in [-0.3, -0.25) is 9.59 Å². The first kappa shape index (κ1) is 19.4. The fourth-order valence-electron chi connectivity index (χ4n) is 3.08. The van der Waals surface area contributed by atoms with E-state index < -0.39 is 0 Å². The summed E-state index contributed by atoms with van der Waals surface area (Å²) in [5.41, 5.74) is 0.777. The van der Waals surface area contributed by atoms with Gasteiger partial charge in [0.05, 0.1) is 25.6 Å². The van der Waals surface area contributed by atoms with Crippen LogP contribution in [0.2, 0.25) is 0 Å². The predicted molar refractivity (Wildman–Crippen MR) is 107 cm³/mol. The summed E-state index contributed by atoms with van der Waals surface area (Å²) >= 11 is 0. The molecule has 1 aromatic heterocycles. The number of hydrogen-bond acceptors (Lipinski definition) is 5. The molecule has 2 aromatic carbocycles. The molecule has 1 N–H and O–H groups in total. The highest BCUT2D eigenvalue weighted by molar-refractivity contribution is 6.04. The Kier molecular flexibility index (Phi) is 5.63. The van der Waals surface area contributed by atoms with Crippen LogP contribution in [0.1, 0.15) is 35.9 Å². The number of benzene rings is 2.